The molecule has 2 aromatic carbocycles. The SMILES string of the molecule is CSc1ncnn2c(C3O[C@H](COCc4ccccc4)[C@@H](OCc4ccccc4)[C@H]3F)cnc12. The lowest BCUT2D eigenvalue weighted by Gasteiger charge is -2.20. The fraction of sp³-hybridized carbons (Fsp3) is 0.320. The van der Waals surface area contributed by atoms with Gasteiger partial charge in [-0.05, 0) is 17.4 Å². The molecule has 7 nitrogen and oxygen atoms in total. The Morgan fingerprint density at radius 1 is 1.00 bits per heavy atom. The van der Waals surface area contributed by atoms with Crippen molar-refractivity contribution in [2.45, 2.75) is 42.7 Å². The maximum atomic E-state index is 15.8. The number of benzene rings is 2. The quantitative estimate of drug-likeness (QED) is 0.328. The molecule has 9 heteroatoms. The molecule has 1 aliphatic heterocycles. The lowest BCUT2D eigenvalue weighted by Crippen LogP contribution is -2.34. The number of aromatic nitrogens is 4. The van der Waals surface area contributed by atoms with Gasteiger partial charge >= 0.3 is 0 Å². The third-order valence-corrected chi connectivity index (χ3v) is 6.43. The van der Waals surface area contributed by atoms with Crippen molar-refractivity contribution in [3.05, 3.63) is 90.0 Å². The molecule has 5 rings (SSSR count). The number of imidazole rings is 1. The molecule has 1 aliphatic rings. The molecule has 2 aromatic heterocycles. The number of halogens is 1. The summed E-state index contributed by atoms with van der Waals surface area (Å²) in [6.07, 6.45) is 1.27. The van der Waals surface area contributed by atoms with Crippen LogP contribution in [0.2, 0.25) is 0 Å². The average Bonchev–Trinajstić information content (AvgIpc) is 3.44. The number of rotatable bonds is 9. The minimum atomic E-state index is -1.42. The van der Waals surface area contributed by atoms with Crippen LogP contribution in [0.5, 0.6) is 0 Å². The van der Waals surface area contributed by atoms with Crippen LogP contribution in [-0.4, -0.2) is 50.8 Å². The van der Waals surface area contributed by atoms with Gasteiger partial charge < -0.3 is 14.2 Å². The van der Waals surface area contributed by atoms with Gasteiger partial charge in [-0.1, -0.05) is 60.7 Å². The van der Waals surface area contributed by atoms with Crippen molar-refractivity contribution in [1.82, 2.24) is 19.6 Å². The largest absolute Gasteiger partial charge is 0.374 e. The van der Waals surface area contributed by atoms with Crippen LogP contribution in [0.3, 0.4) is 0 Å². The van der Waals surface area contributed by atoms with Gasteiger partial charge in [0, 0.05) is 0 Å². The summed E-state index contributed by atoms with van der Waals surface area (Å²) in [4.78, 5) is 8.65. The Balaban J connectivity index is 1.35. The molecule has 34 heavy (non-hydrogen) atoms. The number of fused-ring (bicyclic) bond motifs is 1. The summed E-state index contributed by atoms with van der Waals surface area (Å²) in [5, 5.41) is 5.00. The lowest BCUT2D eigenvalue weighted by atomic mass is 10.1. The summed E-state index contributed by atoms with van der Waals surface area (Å²) in [5.41, 5.74) is 3.11. The van der Waals surface area contributed by atoms with Crippen molar-refractivity contribution >= 4 is 17.4 Å². The molecule has 0 N–H and O–H groups in total. The summed E-state index contributed by atoms with van der Waals surface area (Å²) in [6, 6.07) is 19.5. The topological polar surface area (TPSA) is 70.8 Å². The highest BCUT2D eigenvalue weighted by molar-refractivity contribution is 7.98. The second-order valence-electron chi connectivity index (χ2n) is 7.99. The van der Waals surface area contributed by atoms with Crippen LogP contribution < -0.4 is 0 Å². The van der Waals surface area contributed by atoms with E-state index in [0.717, 1.165) is 11.1 Å². The van der Waals surface area contributed by atoms with E-state index in [2.05, 4.69) is 15.1 Å². The molecular formula is C25H25FN4O3S. The third kappa shape index (κ3) is 4.83. The molecule has 0 radical (unpaired) electrons. The van der Waals surface area contributed by atoms with Gasteiger partial charge in [0.2, 0.25) is 0 Å². The van der Waals surface area contributed by atoms with Crippen LogP contribution in [0.25, 0.3) is 5.65 Å². The van der Waals surface area contributed by atoms with E-state index in [-0.39, 0.29) is 13.2 Å². The van der Waals surface area contributed by atoms with E-state index < -0.39 is 24.5 Å². The zero-order valence-electron chi connectivity index (χ0n) is 18.7. The van der Waals surface area contributed by atoms with Crippen molar-refractivity contribution in [3.63, 3.8) is 0 Å². The first-order valence-corrected chi connectivity index (χ1v) is 12.3. The highest BCUT2D eigenvalue weighted by Gasteiger charge is 2.48. The third-order valence-electron chi connectivity index (χ3n) is 5.75. The Morgan fingerprint density at radius 3 is 2.41 bits per heavy atom. The maximum absolute atomic E-state index is 15.8. The molecule has 4 atom stereocenters. The highest BCUT2D eigenvalue weighted by Crippen LogP contribution is 2.38. The number of thioether (sulfide) groups is 1. The average molecular weight is 481 g/mol. The minimum Gasteiger partial charge on any atom is -0.374 e. The predicted octanol–water partition coefficient (Wildman–Crippen LogP) is 4.43. The molecule has 4 aromatic rings. The number of hydrogen-bond acceptors (Lipinski definition) is 7. The molecule has 1 saturated heterocycles. The molecule has 0 aliphatic carbocycles. The van der Waals surface area contributed by atoms with Gasteiger partial charge in [0.15, 0.2) is 11.8 Å². The van der Waals surface area contributed by atoms with E-state index in [9.17, 15) is 0 Å². The Bertz CT molecular complexity index is 1210. The smallest absolute Gasteiger partial charge is 0.186 e. The van der Waals surface area contributed by atoms with Gasteiger partial charge in [-0.15, -0.1) is 11.8 Å². The second-order valence-corrected chi connectivity index (χ2v) is 8.78. The van der Waals surface area contributed by atoms with E-state index >= 15 is 4.39 Å². The summed E-state index contributed by atoms with van der Waals surface area (Å²) in [6.45, 7) is 0.893. The molecule has 0 amide bonds. The fourth-order valence-electron chi connectivity index (χ4n) is 4.07. The lowest BCUT2D eigenvalue weighted by molar-refractivity contribution is -0.0742. The van der Waals surface area contributed by atoms with Crippen molar-refractivity contribution in [2.75, 3.05) is 12.9 Å². The van der Waals surface area contributed by atoms with E-state index in [1.165, 1.54) is 18.1 Å². The second kappa shape index (κ2) is 10.6. The normalized spacial score (nSPS) is 22.4. The number of hydrogen-bond donors (Lipinski definition) is 0. The Labute approximate surface area is 201 Å². The summed E-state index contributed by atoms with van der Waals surface area (Å²) < 4.78 is 35.6. The highest BCUT2D eigenvalue weighted by atomic mass is 32.2. The van der Waals surface area contributed by atoms with Gasteiger partial charge in [0.25, 0.3) is 0 Å². The molecule has 1 unspecified atom stereocenters. The Kier molecular flexibility index (Phi) is 7.15. The first-order valence-electron chi connectivity index (χ1n) is 11.0. The standard InChI is InChI=1S/C25H25FN4O3S/c1-34-25-24-27-12-19(30(24)29-16-28-25)22-21(26)23(32-14-18-10-6-3-7-11-18)20(33-22)15-31-13-17-8-4-2-5-9-17/h2-12,16,20-23H,13-15H2,1H3/t20-,21+,22?,23-/m1/s1. The van der Waals surface area contributed by atoms with Crippen LogP contribution in [0.4, 0.5) is 4.39 Å². The van der Waals surface area contributed by atoms with Crippen LogP contribution >= 0.6 is 11.8 Å². The van der Waals surface area contributed by atoms with Crippen LogP contribution in [0.1, 0.15) is 22.9 Å². The zero-order valence-corrected chi connectivity index (χ0v) is 19.5. The number of nitrogens with zero attached hydrogens (tertiary/aromatic N) is 4. The number of alkyl halides is 1. The van der Waals surface area contributed by atoms with Gasteiger partial charge in [-0.3, -0.25) is 0 Å². The summed E-state index contributed by atoms with van der Waals surface area (Å²) in [5.74, 6) is 0. The van der Waals surface area contributed by atoms with Gasteiger partial charge in [-0.2, -0.15) is 5.10 Å². The Morgan fingerprint density at radius 2 is 1.71 bits per heavy atom. The van der Waals surface area contributed by atoms with Gasteiger partial charge in [0.1, 0.15) is 29.7 Å². The molecular weight excluding hydrogens is 455 g/mol. The first kappa shape index (κ1) is 22.9. The molecule has 0 saturated carbocycles. The van der Waals surface area contributed by atoms with Crippen molar-refractivity contribution in [1.29, 1.82) is 0 Å². The molecule has 0 spiro atoms. The zero-order chi connectivity index (χ0) is 23.3. The molecule has 1 fully saturated rings. The van der Waals surface area contributed by atoms with Crippen LogP contribution in [0.15, 0.2) is 78.2 Å². The van der Waals surface area contributed by atoms with E-state index in [4.69, 9.17) is 14.2 Å². The van der Waals surface area contributed by atoms with E-state index in [1.54, 1.807) is 10.7 Å². The summed E-state index contributed by atoms with van der Waals surface area (Å²) in [7, 11) is 0. The van der Waals surface area contributed by atoms with E-state index in [1.807, 2.05) is 66.9 Å². The molecule has 3 heterocycles. The van der Waals surface area contributed by atoms with Crippen molar-refractivity contribution < 1.29 is 18.6 Å². The van der Waals surface area contributed by atoms with Crippen LogP contribution in [-0.2, 0) is 27.4 Å². The Hall–Kier alpha value is -2.85. The first-order chi connectivity index (χ1) is 16.7. The van der Waals surface area contributed by atoms with Gasteiger partial charge in [-0.25, -0.2) is 18.9 Å². The van der Waals surface area contributed by atoms with Gasteiger partial charge in [0.05, 0.1) is 31.7 Å². The predicted molar refractivity (Wildman–Crippen MR) is 126 cm³/mol. The number of ether oxygens (including phenoxy) is 3. The molecule has 0 bridgehead atoms. The minimum absolute atomic E-state index is 0.201. The van der Waals surface area contributed by atoms with Crippen molar-refractivity contribution in [2.24, 2.45) is 0 Å². The van der Waals surface area contributed by atoms with Crippen molar-refractivity contribution in [3.8, 4) is 0 Å². The summed E-state index contributed by atoms with van der Waals surface area (Å²) >= 11 is 1.46. The van der Waals surface area contributed by atoms with E-state index in [0.29, 0.717) is 23.0 Å². The van der Waals surface area contributed by atoms with Crippen LogP contribution in [0, 0.1) is 0 Å². The fourth-order valence-corrected chi connectivity index (χ4v) is 4.54. The maximum Gasteiger partial charge on any atom is 0.186 e. The monoisotopic (exact) mass is 480 g/mol. The molecule has 176 valence electrons.